The summed E-state index contributed by atoms with van der Waals surface area (Å²) in [6.45, 7) is -0.272. The molecule has 0 unspecified atom stereocenters. The highest BCUT2D eigenvalue weighted by Gasteiger charge is 2.23. The van der Waals surface area contributed by atoms with Crippen LogP contribution in [-0.2, 0) is 22.1 Å². The highest BCUT2D eigenvalue weighted by molar-refractivity contribution is 7.90. The van der Waals surface area contributed by atoms with Crippen LogP contribution < -0.4 is 5.32 Å². The predicted octanol–water partition coefficient (Wildman–Crippen LogP) is 2.25. The van der Waals surface area contributed by atoms with Crippen LogP contribution in [0.4, 0.5) is 8.78 Å². The summed E-state index contributed by atoms with van der Waals surface area (Å²) in [5.74, 6) is -2.49. The number of nitrogens with zero attached hydrogens (tertiary/aromatic N) is 2. The van der Waals surface area contributed by atoms with Crippen molar-refractivity contribution < 1.29 is 26.4 Å². The van der Waals surface area contributed by atoms with Crippen molar-refractivity contribution >= 4 is 15.7 Å². The number of carbonyl (C=O) groups excluding carboxylic acids is 1. The van der Waals surface area contributed by atoms with Crippen molar-refractivity contribution in [3.8, 4) is 0 Å². The molecule has 3 rings (SSSR count). The molecule has 3 aromatic rings. The molecular weight excluding hydrogens is 380 g/mol. The third kappa shape index (κ3) is 4.53. The van der Waals surface area contributed by atoms with Gasteiger partial charge in [0, 0.05) is 0 Å². The van der Waals surface area contributed by atoms with Gasteiger partial charge in [-0.1, -0.05) is 29.4 Å². The second-order valence-electron chi connectivity index (χ2n) is 5.51. The first kappa shape index (κ1) is 18.6. The summed E-state index contributed by atoms with van der Waals surface area (Å²) in [5, 5.41) is 8.77. The lowest BCUT2D eigenvalue weighted by molar-refractivity contribution is 0.0942. The Labute approximate surface area is 153 Å². The van der Waals surface area contributed by atoms with E-state index in [0.717, 1.165) is 18.2 Å². The summed E-state index contributed by atoms with van der Waals surface area (Å²) in [6.07, 6.45) is 0. The van der Waals surface area contributed by atoms with E-state index in [2.05, 4.69) is 15.5 Å². The van der Waals surface area contributed by atoms with Crippen LogP contribution in [0.3, 0.4) is 0 Å². The van der Waals surface area contributed by atoms with Gasteiger partial charge in [-0.05, 0) is 29.8 Å². The van der Waals surface area contributed by atoms with Gasteiger partial charge >= 0.3 is 5.22 Å². The van der Waals surface area contributed by atoms with Gasteiger partial charge in [-0.3, -0.25) is 4.79 Å². The Bertz CT molecular complexity index is 1070. The van der Waals surface area contributed by atoms with Crippen LogP contribution in [0, 0.1) is 11.6 Å². The minimum Gasteiger partial charge on any atom is -0.411 e. The van der Waals surface area contributed by atoms with Crippen LogP contribution in [-0.4, -0.2) is 24.5 Å². The molecule has 1 amide bonds. The SMILES string of the molecule is O=C(NCc1nnc(S(=O)(=O)Cc2ccc(F)cc2)o1)c1ccccc1F. The lowest BCUT2D eigenvalue weighted by Crippen LogP contribution is -2.23. The Morgan fingerprint density at radius 1 is 1.04 bits per heavy atom. The number of halogens is 2. The first-order valence-electron chi connectivity index (χ1n) is 7.67. The molecule has 0 aliphatic carbocycles. The first-order chi connectivity index (χ1) is 12.8. The van der Waals surface area contributed by atoms with Crippen molar-refractivity contribution in [2.24, 2.45) is 0 Å². The fourth-order valence-corrected chi connectivity index (χ4v) is 3.34. The third-order valence-corrected chi connectivity index (χ3v) is 4.91. The molecule has 0 saturated heterocycles. The van der Waals surface area contributed by atoms with E-state index in [-0.39, 0.29) is 18.0 Å². The number of rotatable bonds is 6. The number of nitrogens with one attached hydrogen (secondary N) is 1. The van der Waals surface area contributed by atoms with Gasteiger partial charge in [0.2, 0.25) is 15.7 Å². The quantitative estimate of drug-likeness (QED) is 0.689. The third-order valence-electron chi connectivity index (χ3n) is 3.50. The summed E-state index contributed by atoms with van der Waals surface area (Å²) in [5.41, 5.74) is 0.185. The Hall–Kier alpha value is -3.14. The molecule has 0 radical (unpaired) electrons. The number of amides is 1. The molecule has 1 heterocycles. The molecule has 0 aliphatic heterocycles. The zero-order chi connectivity index (χ0) is 19.4. The maximum absolute atomic E-state index is 13.5. The van der Waals surface area contributed by atoms with Crippen LogP contribution in [0.1, 0.15) is 21.8 Å². The van der Waals surface area contributed by atoms with Gasteiger partial charge in [-0.2, -0.15) is 0 Å². The molecule has 0 spiro atoms. The Balaban J connectivity index is 1.66. The molecule has 0 bridgehead atoms. The van der Waals surface area contributed by atoms with Crippen LogP contribution in [0.5, 0.6) is 0 Å². The fourth-order valence-electron chi connectivity index (χ4n) is 2.19. The lowest BCUT2D eigenvalue weighted by atomic mass is 10.2. The Morgan fingerprint density at radius 3 is 2.44 bits per heavy atom. The zero-order valence-electron chi connectivity index (χ0n) is 13.7. The predicted molar refractivity (Wildman–Crippen MR) is 89.2 cm³/mol. The molecular formula is C17H13F2N3O4S. The van der Waals surface area contributed by atoms with E-state index in [1.54, 1.807) is 0 Å². The van der Waals surface area contributed by atoms with E-state index in [0.29, 0.717) is 5.56 Å². The average Bonchev–Trinajstić information content (AvgIpc) is 3.12. The summed E-state index contributed by atoms with van der Waals surface area (Å²) in [6, 6.07) is 10.3. The Kier molecular flexibility index (Phi) is 5.26. The maximum Gasteiger partial charge on any atom is 0.335 e. The van der Waals surface area contributed by atoms with Crippen LogP contribution in [0.25, 0.3) is 0 Å². The molecule has 2 aromatic carbocycles. The molecule has 27 heavy (non-hydrogen) atoms. The molecule has 0 fully saturated rings. The number of benzene rings is 2. The Morgan fingerprint density at radius 2 is 1.74 bits per heavy atom. The van der Waals surface area contributed by atoms with Crippen LogP contribution in [0.2, 0.25) is 0 Å². The summed E-state index contributed by atoms with van der Waals surface area (Å²) in [4.78, 5) is 11.9. The summed E-state index contributed by atoms with van der Waals surface area (Å²) >= 11 is 0. The minimum absolute atomic E-state index is 0.155. The van der Waals surface area contributed by atoms with E-state index in [9.17, 15) is 22.0 Å². The van der Waals surface area contributed by atoms with Crippen LogP contribution >= 0.6 is 0 Å². The van der Waals surface area contributed by atoms with Crippen molar-refractivity contribution in [2.45, 2.75) is 17.5 Å². The normalized spacial score (nSPS) is 11.3. The van der Waals surface area contributed by atoms with E-state index < -0.39 is 38.4 Å². The molecule has 1 N–H and O–H groups in total. The molecule has 140 valence electrons. The van der Waals surface area contributed by atoms with E-state index in [1.807, 2.05) is 0 Å². The number of hydrogen-bond donors (Lipinski definition) is 1. The van der Waals surface area contributed by atoms with E-state index >= 15 is 0 Å². The van der Waals surface area contributed by atoms with E-state index in [4.69, 9.17) is 4.42 Å². The first-order valence-corrected chi connectivity index (χ1v) is 9.33. The lowest BCUT2D eigenvalue weighted by Gasteiger charge is -2.03. The van der Waals surface area contributed by atoms with E-state index in [1.165, 1.54) is 30.3 Å². The molecule has 0 atom stereocenters. The number of sulfone groups is 1. The largest absolute Gasteiger partial charge is 0.411 e. The summed E-state index contributed by atoms with van der Waals surface area (Å²) < 4.78 is 56.1. The van der Waals surface area contributed by atoms with Gasteiger partial charge in [0.15, 0.2) is 0 Å². The number of aromatic nitrogens is 2. The van der Waals surface area contributed by atoms with Gasteiger partial charge in [-0.25, -0.2) is 17.2 Å². The highest BCUT2D eigenvalue weighted by Crippen LogP contribution is 2.16. The van der Waals surface area contributed by atoms with Crippen molar-refractivity contribution in [2.75, 3.05) is 0 Å². The zero-order valence-corrected chi connectivity index (χ0v) is 14.5. The molecule has 10 heteroatoms. The maximum atomic E-state index is 13.5. The fraction of sp³-hybridized carbons (Fsp3) is 0.118. The van der Waals surface area contributed by atoms with Crippen molar-refractivity contribution in [1.29, 1.82) is 0 Å². The summed E-state index contributed by atoms with van der Waals surface area (Å²) in [7, 11) is -3.94. The smallest absolute Gasteiger partial charge is 0.335 e. The second kappa shape index (κ2) is 7.62. The van der Waals surface area contributed by atoms with Gasteiger partial charge < -0.3 is 9.73 Å². The van der Waals surface area contributed by atoms with Gasteiger partial charge in [0.25, 0.3) is 5.91 Å². The molecule has 0 aliphatic rings. The highest BCUT2D eigenvalue weighted by atomic mass is 32.2. The van der Waals surface area contributed by atoms with Crippen molar-refractivity contribution in [3.63, 3.8) is 0 Å². The topological polar surface area (TPSA) is 102 Å². The molecule has 0 saturated carbocycles. The monoisotopic (exact) mass is 393 g/mol. The second-order valence-corrected chi connectivity index (χ2v) is 7.38. The number of hydrogen-bond acceptors (Lipinski definition) is 6. The van der Waals surface area contributed by atoms with Gasteiger partial charge in [-0.15, -0.1) is 5.10 Å². The number of carbonyl (C=O) groups is 1. The molecule has 1 aromatic heterocycles. The standard InChI is InChI=1S/C17H13F2N3O4S/c18-12-7-5-11(6-8-12)10-27(24,25)17-22-21-15(26-17)9-20-16(23)13-3-1-2-4-14(13)19/h1-8H,9-10H2,(H,20,23). The van der Waals surface area contributed by atoms with Crippen molar-refractivity contribution in [1.82, 2.24) is 15.5 Å². The van der Waals surface area contributed by atoms with Crippen molar-refractivity contribution in [3.05, 3.63) is 77.2 Å². The van der Waals surface area contributed by atoms with Gasteiger partial charge in [0.1, 0.15) is 11.6 Å². The minimum atomic E-state index is -3.94. The average molecular weight is 393 g/mol. The van der Waals surface area contributed by atoms with Crippen LogP contribution in [0.15, 0.2) is 58.2 Å². The van der Waals surface area contributed by atoms with Gasteiger partial charge in [0.05, 0.1) is 17.9 Å². The molecule has 7 nitrogen and oxygen atoms in total.